The van der Waals surface area contributed by atoms with E-state index >= 15 is 0 Å². The highest BCUT2D eigenvalue weighted by Gasteiger charge is 2.29. The van der Waals surface area contributed by atoms with Crippen molar-refractivity contribution >= 4 is 22.2 Å². The van der Waals surface area contributed by atoms with Gasteiger partial charge in [-0.1, -0.05) is 5.04 Å². The van der Waals surface area contributed by atoms with E-state index < -0.39 is 21.1 Å². The van der Waals surface area contributed by atoms with E-state index in [0.29, 0.717) is 12.0 Å². The fraction of sp³-hybridized carbons (Fsp3) is 0.333. The minimum absolute atomic E-state index is 0.00876. The number of benzene rings is 1. The van der Waals surface area contributed by atoms with Crippen molar-refractivity contribution in [3.63, 3.8) is 0 Å². The van der Waals surface area contributed by atoms with Crippen LogP contribution in [0.5, 0.6) is 11.5 Å². The molecule has 1 aromatic rings. The molecule has 0 spiro atoms. The van der Waals surface area contributed by atoms with Gasteiger partial charge in [-0.2, -0.15) is 8.42 Å². The van der Waals surface area contributed by atoms with E-state index in [9.17, 15) is 13.0 Å². The van der Waals surface area contributed by atoms with Gasteiger partial charge >= 0.3 is 0 Å². The summed E-state index contributed by atoms with van der Waals surface area (Å²) in [5.41, 5.74) is 0. The van der Waals surface area contributed by atoms with Crippen molar-refractivity contribution in [2.24, 2.45) is 0 Å². The van der Waals surface area contributed by atoms with Gasteiger partial charge in [-0.15, -0.1) is 4.33 Å². The molecule has 3 N–H and O–H groups in total. The first-order valence-corrected chi connectivity index (χ1v) is 7.34. The Balaban J connectivity index is 2.46. The van der Waals surface area contributed by atoms with Crippen LogP contribution in [0.15, 0.2) is 21.9 Å². The molecule has 0 radical (unpaired) electrons. The summed E-state index contributed by atoms with van der Waals surface area (Å²) in [5, 5.41) is 20.5. The quantitative estimate of drug-likeness (QED) is 0.304. The maximum absolute atomic E-state index is 11.3. The standard InChI is InChI=1S/C9H10O9S2/c10-3-5-4-15-9-7(16-5)1-6(19-18-17-11)2-8(9)20(12,13)14/h1-2,5,10-11H,3-4H2,(H,12,13,14). The van der Waals surface area contributed by atoms with E-state index in [1.807, 2.05) is 0 Å². The molecule has 0 aromatic heterocycles. The van der Waals surface area contributed by atoms with E-state index in [2.05, 4.69) is 9.37 Å². The maximum Gasteiger partial charge on any atom is 0.298 e. The smallest absolute Gasteiger partial charge is 0.298 e. The van der Waals surface area contributed by atoms with E-state index in [1.165, 1.54) is 6.07 Å². The number of ether oxygens (including phenoxy) is 2. The van der Waals surface area contributed by atoms with Crippen molar-refractivity contribution in [2.45, 2.75) is 15.9 Å². The van der Waals surface area contributed by atoms with Crippen LogP contribution in [0.4, 0.5) is 0 Å². The van der Waals surface area contributed by atoms with Crippen molar-refractivity contribution in [3.8, 4) is 11.5 Å². The molecule has 1 aromatic carbocycles. The summed E-state index contributed by atoms with van der Waals surface area (Å²) in [6.07, 6.45) is -0.660. The molecule has 11 heteroatoms. The second-order valence-corrected chi connectivity index (χ2v) is 5.85. The molecule has 0 bridgehead atoms. The fourth-order valence-electron chi connectivity index (χ4n) is 1.56. The van der Waals surface area contributed by atoms with Crippen molar-refractivity contribution in [1.82, 2.24) is 0 Å². The number of fused-ring (bicyclic) bond motifs is 1. The molecule has 1 aliphatic rings. The molecule has 0 amide bonds. The van der Waals surface area contributed by atoms with Gasteiger partial charge in [0.15, 0.2) is 17.6 Å². The molecule has 0 fully saturated rings. The molecule has 20 heavy (non-hydrogen) atoms. The minimum Gasteiger partial charge on any atom is -0.484 e. The lowest BCUT2D eigenvalue weighted by Gasteiger charge is -2.26. The van der Waals surface area contributed by atoms with E-state index in [4.69, 9.17) is 19.8 Å². The van der Waals surface area contributed by atoms with Crippen LogP contribution in [-0.2, 0) is 19.5 Å². The lowest BCUT2D eigenvalue weighted by atomic mass is 10.2. The highest BCUT2D eigenvalue weighted by atomic mass is 32.2. The van der Waals surface area contributed by atoms with Crippen molar-refractivity contribution < 1.29 is 42.2 Å². The van der Waals surface area contributed by atoms with Gasteiger partial charge in [-0.25, -0.2) is 5.26 Å². The van der Waals surface area contributed by atoms with E-state index in [-0.39, 0.29) is 29.6 Å². The highest BCUT2D eigenvalue weighted by molar-refractivity contribution is 7.94. The first-order chi connectivity index (χ1) is 9.45. The van der Waals surface area contributed by atoms with Crippen molar-refractivity contribution in [3.05, 3.63) is 12.1 Å². The Morgan fingerprint density at radius 1 is 1.45 bits per heavy atom. The van der Waals surface area contributed by atoms with Crippen LogP contribution in [0.3, 0.4) is 0 Å². The average molecular weight is 326 g/mol. The van der Waals surface area contributed by atoms with Gasteiger partial charge in [0.25, 0.3) is 10.1 Å². The summed E-state index contributed by atoms with van der Waals surface area (Å²) in [4.78, 5) is -0.358. The van der Waals surface area contributed by atoms with Gasteiger partial charge in [0, 0.05) is 11.0 Å². The molecule has 9 nitrogen and oxygen atoms in total. The SMILES string of the molecule is O=S(=O)(O)c1cc(SOOO)cc2c1OCC(CO)O2. The molecule has 1 atom stereocenters. The summed E-state index contributed by atoms with van der Waals surface area (Å²) in [6, 6.07) is 2.40. The Bertz CT molecular complexity index is 585. The van der Waals surface area contributed by atoms with E-state index in [0.717, 1.165) is 6.07 Å². The Morgan fingerprint density at radius 2 is 2.20 bits per heavy atom. The van der Waals surface area contributed by atoms with Crippen LogP contribution in [0, 0.1) is 0 Å². The molecule has 2 rings (SSSR count). The van der Waals surface area contributed by atoms with Gasteiger partial charge in [-0.3, -0.25) is 4.55 Å². The largest absolute Gasteiger partial charge is 0.484 e. The molecular formula is C9H10O9S2. The Morgan fingerprint density at radius 3 is 2.80 bits per heavy atom. The second kappa shape index (κ2) is 6.13. The molecule has 0 aliphatic carbocycles. The topological polar surface area (TPSA) is 132 Å². The number of rotatable bonds is 5. The summed E-state index contributed by atoms with van der Waals surface area (Å²) in [6.45, 7) is -0.386. The van der Waals surface area contributed by atoms with Crippen molar-refractivity contribution in [1.29, 1.82) is 0 Å². The monoisotopic (exact) mass is 326 g/mol. The van der Waals surface area contributed by atoms with Crippen LogP contribution in [0.2, 0.25) is 0 Å². The minimum atomic E-state index is -4.56. The first-order valence-electron chi connectivity index (χ1n) is 5.16. The molecule has 1 unspecified atom stereocenters. The van der Waals surface area contributed by atoms with Gasteiger partial charge in [0.2, 0.25) is 0 Å². The van der Waals surface area contributed by atoms with Crippen molar-refractivity contribution in [2.75, 3.05) is 13.2 Å². The van der Waals surface area contributed by atoms with Gasteiger partial charge in [-0.05, 0) is 6.07 Å². The van der Waals surface area contributed by atoms with Gasteiger partial charge in [0.1, 0.15) is 11.5 Å². The number of aliphatic hydroxyl groups excluding tert-OH is 1. The number of aliphatic hydroxyl groups is 1. The third-order valence-electron chi connectivity index (χ3n) is 2.34. The zero-order valence-electron chi connectivity index (χ0n) is 9.75. The summed E-state index contributed by atoms with van der Waals surface area (Å²) < 4.78 is 46.5. The number of hydrogen-bond donors (Lipinski definition) is 3. The zero-order valence-corrected chi connectivity index (χ0v) is 11.4. The van der Waals surface area contributed by atoms with Crippen LogP contribution in [0.1, 0.15) is 0 Å². The molecule has 1 aliphatic heterocycles. The summed E-state index contributed by atoms with van der Waals surface area (Å²) >= 11 is 0.487. The van der Waals surface area contributed by atoms with Gasteiger partial charge in [0.05, 0.1) is 18.6 Å². The first kappa shape index (κ1) is 15.3. The third-order valence-corrected chi connectivity index (χ3v) is 3.76. The lowest BCUT2D eigenvalue weighted by molar-refractivity contribution is -0.432. The average Bonchev–Trinajstić information content (AvgIpc) is 2.42. The molecular weight excluding hydrogens is 316 g/mol. The van der Waals surface area contributed by atoms with Gasteiger partial charge < -0.3 is 14.6 Å². The predicted molar refractivity (Wildman–Crippen MR) is 63.9 cm³/mol. The molecule has 0 saturated carbocycles. The summed E-state index contributed by atoms with van der Waals surface area (Å²) in [5.74, 6) is -0.152. The molecule has 112 valence electrons. The predicted octanol–water partition coefficient (Wildman–Crippen LogP) is 0.494. The highest BCUT2D eigenvalue weighted by Crippen LogP contribution is 2.41. The molecule has 1 heterocycles. The normalized spacial score (nSPS) is 18.1. The second-order valence-electron chi connectivity index (χ2n) is 3.68. The maximum atomic E-state index is 11.3. The van der Waals surface area contributed by atoms with E-state index in [1.54, 1.807) is 0 Å². The third kappa shape index (κ3) is 3.32. The van der Waals surface area contributed by atoms with Crippen LogP contribution in [0.25, 0.3) is 0 Å². The fourth-order valence-corrected chi connectivity index (χ4v) is 2.73. The summed E-state index contributed by atoms with van der Waals surface area (Å²) in [7, 11) is -4.56. The number of hydrogen-bond acceptors (Lipinski definition) is 9. The Hall–Kier alpha value is -1.08. The van der Waals surface area contributed by atoms with Crippen LogP contribution < -0.4 is 9.47 Å². The molecule has 0 saturated heterocycles. The lowest BCUT2D eigenvalue weighted by Crippen LogP contribution is -2.32. The zero-order chi connectivity index (χ0) is 14.8. The Kier molecular flexibility index (Phi) is 4.70. The Labute approximate surface area is 117 Å². The van der Waals surface area contributed by atoms with Crippen LogP contribution >= 0.6 is 12.0 Å². The van der Waals surface area contributed by atoms with Crippen LogP contribution in [-0.4, -0.2) is 42.7 Å².